The number of aliphatic hydroxyl groups is 1. The molecule has 0 saturated carbocycles. The number of nitrogens with one attached hydrogen (secondary N) is 1. The Kier molecular flexibility index (Phi) is 4.81. The molecule has 0 aliphatic rings. The largest absolute Gasteiger partial charge is 0.393 e. The Morgan fingerprint density at radius 3 is 2.73 bits per heavy atom. The summed E-state index contributed by atoms with van der Waals surface area (Å²) in [6.45, 7) is 4.45. The second-order valence-corrected chi connectivity index (χ2v) is 2.84. The van der Waals surface area contributed by atoms with Crippen molar-refractivity contribution < 1.29 is 14.6 Å². The third-order valence-electron chi connectivity index (χ3n) is 1.20. The van der Waals surface area contributed by atoms with E-state index in [1.165, 1.54) is 0 Å². The fraction of sp³-hybridized carbons (Fsp3) is 0.857. The molecule has 2 N–H and O–H groups in total. The highest BCUT2D eigenvalue weighted by molar-refractivity contribution is 5.45. The Morgan fingerprint density at radius 1 is 1.64 bits per heavy atom. The number of aliphatic hydroxyl groups excluding tert-OH is 1. The molecule has 0 heterocycles. The third-order valence-corrected chi connectivity index (χ3v) is 1.20. The highest BCUT2D eigenvalue weighted by atomic mass is 16.5. The van der Waals surface area contributed by atoms with E-state index in [1.807, 2.05) is 0 Å². The van der Waals surface area contributed by atoms with Gasteiger partial charge in [0.2, 0.25) is 6.41 Å². The first-order valence-corrected chi connectivity index (χ1v) is 3.54. The van der Waals surface area contributed by atoms with Gasteiger partial charge in [0.25, 0.3) is 0 Å². The second-order valence-electron chi connectivity index (χ2n) is 2.84. The number of carbonyl (C=O) groups excluding carboxylic acids is 1. The zero-order valence-corrected chi connectivity index (χ0v) is 6.96. The van der Waals surface area contributed by atoms with E-state index in [9.17, 15) is 4.79 Å². The van der Waals surface area contributed by atoms with Crippen molar-refractivity contribution >= 4 is 6.41 Å². The molecule has 1 amide bonds. The first kappa shape index (κ1) is 10.4. The molecule has 0 atom stereocenters. The van der Waals surface area contributed by atoms with Gasteiger partial charge in [-0.1, -0.05) is 0 Å². The predicted molar refractivity (Wildman–Crippen MR) is 41.2 cm³/mol. The lowest BCUT2D eigenvalue weighted by Crippen LogP contribution is -2.32. The molecule has 66 valence electrons. The average Bonchev–Trinajstić information content (AvgIpc) is 1.99. The van der Waals surface area contributed by atoms with E-state index in [0.717, 1.165) is 0 Å². The summed E-state index contributed by atoms with van der Waals surface area (Å²) in [5.41, 5.74) is -0.509. The number of ether oxygens (including phenoxy) is 1. The van der Waals surface area contributed by atoms with Gasteiger partial charge in [-0.2, -0.15) is 0 Å². The van der Waals surface area contributed by atoms with Crippen LogP contribution < -0.4 is 5.32 Å². The van der Waals surface area contributed by atoms with Gasteiger partial charge < -0.3 is 15.2 Å². The van der Waals surface area contributed by atoms with Gasteiger partial charge in [-0.3, -0.25) is 4.79 Å². The van der Waals surface area contributed by atoms with E-state index >= 15 is 0 Å². The van der Waals surface area contributed by atoms with Crippen LogP contribution in [0, 0.1) is 0 Å². The fourth-order valence-corrected chi connectivity index (χ4v) is 0.491. The molecule has 4 heteroatoms. The van der Waals surface area contributed by atoms with Gasteiger partial charge >= 0.3 is 0 Å². The highest BCUT2D eigenvalue weighted by Gasteiger charge is 2.15. The van der Waals surface area contributed by atoms with Crippen molar-refractivity contribution in [2.75, 3.05) is 19.8 Å². The Bertz CT molecular complexity index is 114. The van der Waals surface area contributed by atoms with E-state index in [1.54, 1.807) is 13.8 Å². The lowest BCUT2D eigenvalue weighted by Gasteiger charge is -2.22. The molecule has 0 unspecified atom stereocenters. The summed E-state index contributed by atoms with van der Waals surface area (Å²) in [4.78, 5) is 9.78. The monoisotopic (exact) mass is 161 g/mol. The molecule has 0 saturated heterocycles. The van der Waals surface area contributed by atoms with Crippen LogP contribution in [-0.4, -0.2) is 36.9 Å². The molecule has 0 spiro atoms. The van der Waals surface area contributed by atoms with Crippen LogP contribution >= 0.6 is 0 Å². The van der Waals surface area contributed by atoms with E-state index < -0.39 is 5.60 Å². The van der Waals surface area contributed by atoms with Crippen LogP contribution in [0.4, 0.5) is 0 Å². The molecule has 4 nitrogen and oxygen atoms in total. The number of hydrogen-bond donors (Lipinski definition) is 2. The van der Waals surface area contributed by atoms with Crippen LogP contribution in [0.25, 0.3) is 0 Å². The zero-order chi connectivity index (χ0) is 8.74. The normalized spacial score (nSPS) is 11.2. The first-order chi connectivity index (χ1) is 5.12. The molecule has 0 rings (SSSR count). The van der Waals surface area contributed by atoms with Crippen molar-refractivity contribution in [2.24, 2.45) is 0 Å². The summed E-state index contributed by atoms with van der Waals surface area (Å²) in [6, 6.07) is 0. The van der Waals surface area contributed by atoms with Crippen molar-refractivity contribution in [2.45, 2.75) is 19.4 Å². The molecule has 0 bridgehead atoms. The third kappa shape index (κ3) is 5.82. The summed E-state index contributed by atoms with van der Waals surface area (Å²) in [7, 11) is 0. The summed E-state index contributed by atoms with van der Waals surface area (Å²) in [5, 5.41) is 11.2. The standard InChI is InChI=1S/C7H15NO3/c1-7(2,5-9)11-4-3-8-6-10/h6,9H,3-5H2,1-2H3,(H,8,10). The SMILES string of the molecule is CC(C)(CO)OCCNC=O. The van der Waals surface area contributed by atoms with Crippen molar-refractivity contribution in [3.05, 3.63) is 0 Å². The van der Waals surface area contributed by atoms with Crippen molar-refractivity contribution in [3.63, 3.8) is 0 Å². The minimum atomic E-state index is -0.509. The van der Waals surface area contributed by atoms with Crippen LogP contribution in [0.15, 0.2) is 0 Å². The predicted octanol–water partition coefficient (Wildman–Crippen LogP) is -0.480. The molecule has 0 aromatic heterocycles. The molecule has 0 aliphatic carbocycles. The van der Waals surface area contributed by atoms with Crippen molar-refractivity contribution in [1.82, 2.24) is 5.32 Å². The molecular weight excluding hydrogens is 146 g/mol. The second kappa shape index (κ2) is 5.09. The topological polar surface area (TPSA) is 58.6 Å². The molecule has 11 heavy (non-hydrogen) atoms. The maximum atomic E-state index is 9.78. The lowest BCUT2D eigenvalue weighted by atomic mass is 10.1. The minimum absolute atomic E-state index is 0.0198. The average molecular weight is 161 g/mol. The van der Waals surface area contributed by atoms with Crippen LogP contribution in [0.5, 0.6) is 0 Å². The molecule has 0 aromatic carbocycles. The first-order valence-electron chi connectivity index (χ1n) is 3.54. The Balaban J connectivity index is 3.29. The van der Waals surface area contributed by atoms with Crippen LogP contribution in [-0.2, 0) is 9.53 Å². The Morgan fingerprint density at radius 2 is 2.27 bits per heavy atom. The number of amides is 1. The summed E-state index contributed by atoms with van der Waals surface area (Å²) < 4.78 is 5.21. The summed E-state index contributed by atoms with van der Waals surface area (Å²) in [6.07, 6.45) is 0.620. The Labute approximate surface area is 66.5 Å². The van der Waals surface area contributed by atoms with Crippen LogP contribution in [0.1, 0.15) is 13.8 Å². The minimum Gasteiger partial charge on any atom is -0.393 e. The van der Waals surface area contributed by atoms with E-state index in [0.29, 0.717) is 19.6 Å². The lowest BCUT2D eigenvalue weighted by molar-refractivity contribution is -0.110. The van der Waals surface area contributed by atoms with E-state index in [4.69, 9.17) is 9.84 Å². The van der Waals surface area contributed by atoms with Gasteiger partial charge in [-0.25, -0.2) is 0 Å². The maximum Gasteiger partial charge on any atom is 0.207 e. The van der Waals surface area contributed by atoms with E-state index in [2.05, 4.69) is 5.32 Å². The summed E-state index contributed by atoms with van der Waals surface area (Å²) in [5.74, 6) is 0. The van der Waals surface area contributed by atoms with Crippen LogP contribution in [0.2, 0.25) is 0 Å². The smallest absolute Gasteiger partial charge is 0.207 e. The molecule has 0 aliphatic heterocycles. The molecule has 0 aromatic rings. The molecule has 0 radical (unpaired) electrons. The van der Waals surface area contributed by atoms with Gasteiger partial charge in [-0.15, -0.1) is 0 Å². The van der Waals surface area contributed by atoms with Gasteiger partial charge in [-0.05, 0) is 13.8 Å². The van der Waals surface area contributed by atoms with Crippen molar-refractivity contribution in [3.8, 4) is 0 Å². The number of carbonyl (C=O) groups is 1. The number of rotatable bonds is 6. The van der Waals surface area contributed by atoms with Gasteiger partial charge in [0.05, 0.1) is 18.8 Å². The fourth-order valence-electron chi connectivity index (χ4n) is 0.491. The molecular formula is C7H15NO3. The Hall–Kier alpha value is -0.610. The molecule has 0 fully saturated rings. The van der Waals surface area contributed by atoms with Crippen molar-refractivity contribution in [1.29, 1.82) is 0 Å². The van der Waals surface area contributed by atoms with Crippen LogP contribution in [0.3, 0.4) is 0 Å². The quantitative estimate of drug-likeness (QED) is 0.408. The van der Waals surface area contributed by atoms with Gasteiger partial charge in [0.1, 0.15) is 0 Å². The highest BCUT2D eigenvalue weighted by Crippen LogP contribution is 2.05. The van der Waals surface area contributed by atoms with Gasteiger partial charge in [0, 0.05) is 6.54 Å². The number of hydrogen-bond acceptors (Lipinski definition) is 3. The van der Waals surface area contributed by atoms with E-state index in [-0.39, 0.29) is 6.61 Å². The zero-order valence-electron chi connectivity index (χ0n) is 6.96. The maximum absolute atomic E-state index is 9.78. The summed E-state index contributed by atoms with van der Waals surface area (Å²) >= 11 is 0. The van der Waals surface area contributed by atoms with Gasteiger partial charge in [0.15, 0.2) is 0 Å².